The highest BCUT2D eigenvalue weighted by molar-refractivity contribution is 5.90. The van der Waals surface area contributed by atoms with Crippen LogP contribution in [0.25, 0.3) is 0 Å². The van der Waals surface area contributed by atoms with E-state index in [2.05, 4.69) is 32.0 Å². The molecular formula is C25H31NO2. The van der Waals surface area contributed by atoms with Gasteiger partial charge in [0.1, 0.15) is 0 Å². The van der Waals surface area contributed by atoms with Crippen molar-refractivity contribution in [2.75, 3.05) is 4.90 Å². The van der Waals surface area contributed by atoms with E-state index in [1.54, 1.807) is 4.90 Å². The SMILES string of the molecule is C[C@H](c1ccccc1)N(C(=O)O)c1c([C@H](C)C2CC2)cccc1[C@H](C)C1CC1. The molecule has 0 radical (unpaired) electrons. The highest BCUT2D eigenvalue weighted by Crippen LogP contribution is 2.51. The smallest absolute Gasteiger partial charge is 0.412 e. The van der Waals surface area contributed by atoms with Crippen molar-refractivity contribution in [2.24, 2.45) is 11.8 Å². The lowest BCUT2D eigenvalue weighted by molar-refractivity contribution is 0.199. The van der Waals surface area contributed by atoms with Gasteiger partial charge < -0.3 is 5.11 Å². The molecule has 0 unspecified atom stereocenters. The number of hydrogen-bond donors (Lipinski definition) is 1. The maximum atomic E-state index is 12.6. The lowest BCUT2D eigenvalue weighted by Crippen LogP contribution is -2.34. The van der Waals surface area contributed by atoms with Crippen LogP contribution in [0.15, 0.2) is 48.5 Å². The number of hydrogen-bond acceptors (Lipinski definition) is 1. The summed E-state index contributed by atoms with van der Waals surface area (Å²) in [5, 5.41) is 10.3. The van der Waals surface area contributed by atoms with E-state index in [0.29, 0.717) is 23.7 Å². The van der Waals surface area contributed by atoms with E-state index in [1.165, 1.54) is 36.8 Å². The van der Waals surface area contributed by atoms with Crippen molar-refractivity contribution in [1.29, 1.82) is 0 Å². The normalized spacial score (nSPS) is 19.7. The minimum absolute atomic E-state index is 0.226. The molecule has 0 aliphatic heterocycles. The summed E-state index contributed by atoms with van der Waals surface area (Å²) in [6, 6.07) is 16.2. The van der Waals surface area contributed by atoms with Crippen LogP contribution in [0.1, 0.15) is 81.0 Å². The topological polar surface area (TPSA) is 40.5 Å². The van der Waals surface area contributed by atoms with Crippen molar-refractivity contribution in [2.45, 2.75) is 64.3 Å². The molecule has 0 saturated heterocycles. The summed E-state index contributed by atoms with van der Waals surface area (Å²) in [6.07, 6.45) is 4.15. The van der Waals surface area contributed by atoms with Crippen LogP contribution in [-0.2, 0) is 0 Å². The number of anilines is 1. The Bertz CT molecular complexity index is 803. The molecule has 0 heterocycles. The Morgan fingerprint density at radius 3 is 1.79 bits per heavy atom. The van der Waals surface area contributed by atoms with Crippen molar-refractivity contribution < 1.29 is 9.90 Å². The van der Waals surface area contributed by atoms with Crippen LogP contribution < -0.4 is 4.90 Å². The maximum Gasteiger partial charge on any atom is 0.412 e. The lowest BCUT2D eigenvalue weighted by Gasteiger charge is -2.33. The van der Waals surface area contributed by atoms with E-state index in [0.717, 1.165) is 11.3 Å². The molecular weight excluding hydrogens is 346 g/mol. The van der Waals surface area contributed by atoms with Crippen molar-refractivity contribution in [3.63, 3.8) is 0 Å². The van der Waals surface area contributed by atoms with Crippen LogP contribution in [0.4, 0.5) is 10.5 Å². The number of nitrogens with zero attached hydrogens (tertiary/aromatic N) is 1. The first-order valence-corrected chi connectivity index (χ1v) is 10.7. The fraction of sp³-hybridized carbons (Fsp3) is 0.480. The van der Waals surface area contributed by atoms with E-state index in [-0.39, 0.29) is 6.04 Å². The summed E-state index contributed by atoms with van der Waals surface area (Å²) in [5.74, 6) is 2.16. The molecule has 1 amide bonds. The van der Waals surface area contributed by atoms with Gasteiger partial charge >= 0.3 is 6.09 Å². The fourth-order valence-corrected chi connectivity index (χ4v) is 4.63. The number of carbonyl (C=O) groups is 1. The van der Waals surface area contributed by atoms with E-state index in [1.807, 2.05) is 37.3 Å². The van der Waals surface area contributed by atoms with Gasteiger partial charge in [-0.05, 0) is 73.0 Å². The molecule has 2 fully saturated rings. The van der Waals surface area contributed by atoms with Crippen LogP contribution in [0.2, 0.25) is 0 Å². The van der Waals surface area contributed by atoms with Crippen LogP contribution in [0.5, 0.6) is 0 Å². The average molecular weight is 378 g/mol. The van der Waals surface area contributed by atoms with E-state index >= 15 is 0 Å². The quantitative estimate of drug-likeness (QED) is 0.566. The third kappa shape index (κ3) is 3.67. The molecule has 2 aromatic carbocycles. The molecule has 2 saturated carbocycles. The van der Waals surface area contributed by atoms with Gasteiger partial charge in [-0.2, -0.15) is 0 Å². The molecule has 2 aliphatic carbocycles. The summed E-state index contributed by atoms with van der Waals surface area (Å²) >= 11 is 0. The Hall–Kier alpha value is -2.29. The first kappa shape index (κ1) is 19.0. The first-order chi connectivity index (χ1) is 13.5. The zero-order valence-electron chi connectivity index (χ0n) is 17.1. The van der Waals surface area contributed by atoms with Gasteiger partial charge in [0.05, 0.1) is 11.7 Å². The molecule has 0 spiro atoms. The predicted octanol–water partition coefficient (Wildman–Crippen LogP) is 6.96. The van der Waals surface area contributed by atoms with E-state index in [9.17, 15) is 9.90 Å². The van der Waals surface area contributed by atoms with Crippen molar-refractivity contribution in [1.82, 2.24) is 0 Å². The Kier molecular flexibility index (Phi) is 5.18. The molecule has 28 heavy (non-hydrogen) atoms. The molecule has 3 nitrogen and oxygen atoms in total. The van der Waals surface area contributed by atoms with Crippen LogP contribution in [-0.4, -0.2) is 11.2 Å². The zero-order chi connectivity index (χ0) is 19.8. The van der Waals surface area contributed by atoms with Crippen molar-refractivity contribution in [3.8, 4) is 0 Å². The molecule has 0 bridgehead atoms. The van der Waals surface area contributed by atoms with E-state index < -0.39 is 6.09 Å². The third-order valence-electron chi connectivity index (χ3n) is 6.85. The Morgan fingerprint density at radius 2 is 1.36 bits per heavy atom. The second-order valence-corrected chi connectivity index (χ2v) is 8.78. The molecule has 2 aromatic rings. The Labute approximate surface area is 168 Å². The van der Waals surface area contributed by atoms with Gasteiger partial charge in [0.2, 0.25) is 0 Å². The van der Waals surface area contributed by atoms with Crippen molar-refractivity contribution >= 4 is 11.8 Å². The largest absolute Gasteiger partial charge is 0.465 e. The Balaban J connectivity index is 1.84. The predicted molar refractivity (Wildman–Crippen MR) is 114 cm³/mol. The average Bonchev–Trinajstić information content (AvgIpc) is 3.59. The fourth-order valence-electron chi connectivity index (χ4n) is 4.63. The molecule has 1 N–H and O–H groups in total. The Morgan fingerprint density at radius 1 is 0.857 bits per heavy atom. The molecule has 148 valence electrons. The standard InChI is InChI=1S/C25H31NO2/c1-16(19-12-13-19)22-10-7-11-23(17(2)20-14-15-20)24(22)26(25(27)28)18(3)21-8-5-4-6-9-21/h4-11,16-20H,12-15H2,1-3H3,(H,27,28)/t16-,17-,18-/m1/s1. The van der Waals surface area contributed by atoms with Crippen LogP contribution in [0.3, 0.4) is 0 Å². The van der Waals surface area contributed by atoms with Crippen LogP contribution >= 0.6 is 0 Å². The van der Waals surface area contributed by atoms with Gasteiger partial charge in [0, 0.05) is 0 Å². The number of carboxylic acid groups (broad SMARTS) is 1. The number of benzene rings is 2. The third-order valence-corrected chi connectivity index (χ3v) is 6.85. The zero-order valence-corrected chi connectivity index (χ0v) is 17.1. The molecule has 4 rings (SSSR count). The van der Waals surface area contributed by atoms with Gasteiger partial charge in [0.25, 0.3) is 0 Å². The minimum atomic E-state index is -0.865. The monoisotopic (exact) mass is 377 g/mol. The van der Waals surface area contributed by atoms with Crippen molar-refractivity contribution in [3.05, 3.63) is 65.2 Å². The molecule has 3 atom stereocenters. The molecule has 2 aliphatic rings. The van der Waals surface area contributed by atoms with Gasteiger partial charge in [0.15, 0.2) is 0 Å². The highest BCUT2D eigenvalue weighted by Gasteiger charge is 2.37. The number of rotatable bonds is 7. The number of para-hydroxylation sites is 1. The molecule has 3 heteroatoms. The lowest BCUT2D eigenvalue weighted by atomic mass is 9.86. The summed E-state index contributed by atoms with van der Waals surface area (Å²) in [7, 11) is 0. The first-order valence-electron chi connectivity index (χ1n) is 10.7. The summed E-state index contributed by atoms with van der Waals surface area (Å²) in [6.45, 7) is 6.55. The van der Waals surface area contributed by atoms with Gasteiger partial charge in [-0.25, -0.2) is 4.79 Å². The second-order valence-electron chi connectivity index (χ2n) is 8.78. The van der Waals surface area contributed by atoms with E-state index in [4.69, 9.17) is 0 Å². The summed E-state index contributed by atoms with van der Waals surface area (Å²) in [5.41, 5.74) is 4.39. The summed E-state index contributed by atoms with van der Waals surface area (Å²) < 4.78 is 0. The highest BCUT2D eigenvalue weighted by atomic mass is 16.4. The van der Waals surface area contributed by atoms with Gasteiger partial charge in [-0.3, -0.25) is 4.90 Å². The van der Waals surface area contributed by atoms with Gasteiger partial charge in [-0.15, -0.1) is 0 Å². The minimum Gasteiger partial charge on any atom is -0.465 e. The summed E-state index contributed by atoms with van der Waals surface area (Å²) in [4.78, 5) is 14.2. The van der Waals surface area contributed by atoms with Gasteiger partial charge in [-0.1, -0.05) is 62.4 Å². The second kappa shape index (κ2) is 7.62. The molecule has 0 aromatic heterocycles. The maximum absolute atomic E-state index is 12.6. The van der Waals surface area contributed by atoms with Crippen LogP contribution in [0, 0.1) is 11.8 Å². The number of amides is 1.